The molecular weight excluding hydrogens is 340 g/mol. The number of carbonyl (C=O) groups excluding carboxylic acids is 1. The lowest BCUT2D eigenvalue weighted by molar-refractivity contribution is -0.116. The number of nitrogens with zero attached hydrogens (tertiary/aromatic N) is 2. The number of hydrogen-bond acceptors (Lipinski definition) is 5. The van der Waals surface area contributed by atoms with Crippen molar-refractivity contribution in [2.24, 2.45) is 0 Å². The van der Waals surface area contributed by atoms with Crippen molar-refractivity contribution in [3.05, 3.63) is 47.8 Å². The summed E-state index contributed by atoms with van der Waals surface area (Å²) in [6.07, 6.45) is 2.80. The van der Waals surface area contributed by atoms with E-state index >= 15 is 0 Å². The molecular formula is C21H28N4O2. The van der Waals surface area contributed by atoms with Crippen molar-refractivity contribution in [2.45, 2.75) is 45.7 Å². The highest BCUT2D eigenvalue weighted by atomic mass is 16.3. The molecule has 6 nitrogen and oxygen atoms in total. The Kier molecular flexibility index (Phi) is 6.29. The van der Waals surface area contributed by atoms with E-state index in [0.29, 0.717) is 18.7 Å². The summed E-state index contributed by atoms with van der Waals surface area (Å²) in [5.74, 6) is 0.137. The fourth-order valence-corrected chi connectivity index (χ4v) is 3.32. The van der Waals surface area contributed by atoms with Gasteiger partial charge in [-0.05, 0) is 57.0 Å². The predicted molar refractivity (Wildman–Crippen MR) is 108 cm³/mol. The van der Waals surface area contributed by atoms with E-state index < -0.39 is 0 Å². The van der Waals surface area contributed by atoms with E-state index in [1.807, 2.05) is 32.0 Å². The molecule has 1 aromatic heterocycles. The molecule has 2 aromatic rings. The lowest BCUT2D eigenvalue weighted by Gasteiger charge is -2.19. The number of hydrogen-bond donors (Lipinski definition) is 3. The highest BCUT2D eigenvalue weighted by Gasteiger charge is 2.14. The zero-order valence-corrected chi connectivity index (χ0v) is 16.0. The van der Waals surface area contributed by atoms with Gasteiger partial charge in [0.25, 0.3) is 0 Å². The molecule has 0 saturated carbocycles. The number of carbonyl (C=O) groups is 1. The topological polar surface area (TPSA) is 77.5 Å². The van der Waals surface area contributed by atoms with Crippen molar-refractivity contribution in [3.8, 4) is 5.75 Å². The van der Waals surface area contributed by atoms with Crippen LogP contribution >= 0.6 is 0 Å². The van der Waals surface area contributed by atoms with E-state index in [-0.39, 0.29) is 17.7 Å². The minimum absolute atomic E-state index is 0.0324. The molecule has 27 heavy (non-hydrogen) atoms. The van der Waals surface area contributed by atoms with Gasteiger partial charge in [0, 0.05) is 49.2 Å². The summed E-state index contributed by atoms with van der Waals surface area (Å²) in [5.41, 5.74) is 3.44. The van der Waals surface area contributed by atoms with E-state index in [0.717, 1.165) is 30.2 Å². The average Bonchev–Trinajstić information content (AvgIpc) is 3.17. The monoisotopic (exact) mass is 368 g/mol. The molecule has 144 valence electrons. The first-order valence-corrected chi connectivity index (χ1v) is 9.55. The van der Waals surface area contributed by atoms with Gasteiger partial charge < -0.3 is 20.6 Å². The molecule has 3 N–H and O–H groups in total. The standard InChI is InChI=1S/C21H28N4O2/c1-15-8-9-20(26)19(23-15)14-22-16(2)12-21(27)24-17-6-5-7-18(13-17)25-10-3-4-11-25/h5-9,13,16,22,26H,3-4,10-12,14H2,1-2H3,(H,24,27). The Balaban J connectivity index is 1.50. The van der Waals surface area contributed by atoms with Gasteiger partial charge in [0.1, 0.15) is 5.75 Å². The Bertz CT molecular complexity index is 788. The van der Waals surface area contributed by atoms with Gasteiger partial charge >= 0.3 is 0 Å². The third-order valence-electron chi connectivity index (χ3n) is 4.80. The number of rotatable bonds is 7. The second-order valence-electron chi connectivity index (χ2n) is 7.20. The van der Waals surface area contributed by atoms with Gasteiger partial charge in [-0.2, -0.15) is 0 Å². The number of anilines is 2. The molecule has 1 atom stereocenters. The van der Waals surface area contributed by atoms with Crippen molar-refractivity contribution in [3.63, 3.8) is 0 Å². The molecule has 0 spiro atoms. The van der Waals surface area contributed by atoms with Crippen LogP contribution in [-0.2, 0) is 11.3 Å². The summed E-state index contributed by atoms with van der Waals surface area (Å²) >= 11 is 0. The lowest BCUT2D eigenvalue weighted by atomic mass is 10.2. The van der Waals surface area contributed by atoms with E-state index in [4.69, 9.17) is 0 Å². The molecule has 2 heterocycles. The minimum atomic E-state index is -0.0338. The molecule has 1 saturated heterocycles. The molecule has 1 fully saturated rings. The fourth-order valence-electron chi connectivity index (χ4n) is 3.32. The van der Waals surface area contributed by atoms with Gasteiger partial charge in [0.2, 0.25) is 5.91 Å². The van der Waals surface area contributed by atoms with Gasteiger partial charge in [0.15, 0.2) is 0 Å². The van der Waals surface area contributed by atoms with E-state index in [1.54, 1.807) is 12.1 Å². The van der Waals surface area contributed by atoms with Crippen LogP contribution in [0, 0.1) is 6.92 Å². The summed E-state index contributed by atoms with van der Waals surface area (Å²) in [5, 5.41) is 16.1. The summed E-state index contributed by atoms with van der Waals surface area (Å²) < 4.78 is 0. The molecule has 1 aliphatic heterocycles. The van der Waals surface area contributed by atoms with Crippen LogP contribution in [0.3, 0.4) is 0 Å². The highest BCUT2D eigenvalue weighted by molar-refractivity contribution is 5.91. The van der Waals surface area contributed by atoms with Crippen LogP contribution in [0.15, 0.2) is 36.4 Å². The van der Waals surface area contributed by atoms with E-state index in [9.17, 15) is 9.90 Å². The van der Waals surface area contributed by atoms with Crippen LogP contribution in [-0.4, -0.2) is 35.1 Å². The summed E-state index contributed by atoms with van der Waals surface area (Å²) in [6.45, 7) is 6.42. The SMILES string of the molecule is Cc1ccc(O)c(CNC(C)CC(=O)Nc2cccc(N3CCCC3)c2)n1. The maximum atomic E-state index is 12.4. The quantitative estimate of drug-likeness (QED) is 0.700. The Morgan fingerprint density at radius 2 is 2.04 bits per heavy atom. The number of nitrogens with one attached hydrogen (secondary N) is 2. The molecule has 1 aromatic carbocycles. The van der Waals surface area contributed by atoms with Crippen LogP contribution in [0.5, 0.6) is 5.75 Å². The Morgan fingerprint density at radius 1 is 1.26 bits per heavy atom. The highest BCUT2D eigenvalue weighted by Crippen LogP contribution is 2.23. The van der Waals surface area contributed by atoms with Crippen LogP contribution in [0.25, 0.3) is 0 Å². The number of amides is 1. The molecule has 0 aliphatic carbocycles. The van der Waals surface area contributed by atoms with Gasteiger partial charge in [0.05, 0.1) is 5.69 Å². The van der Waals surface area contributed by atoms with Crippen LogP contribution < -0.4 is 15.5 Å². The van der Waals surface area contributed by atoms with Crippen molar-refractivity contribution in [2.75, 3.05) is 23.3 Å². The van der Waals surface area contributed by atoms with Crippen molar-refractivity contribution in [1.82, 2.24) is 10.3 Å². The number of aryl methyl sites for hydroxylation is 1. The largest absolute Gasteiger partial charge is 0.506 e. The van der Waals surface area contributed by atoms with Crippen molar-refractivity contribution < 1.29 is 9.90 Å². The van der Waals surface area contributed by atoms with Crippen LogP contribution in [0.4, 0.5) is 11.4 Å². The summed E-state index contributed by atoms with van der Waals surface area (Å²) in [6, 6.07) is 11.4. The summed E-state index contributed by atoms with van der Waals surface area (Å²) in [7, 11) is 0. The zero-order valence-electron chi connectivity index (χ0n) is 16.0. The molecule has 1 unspecified atom stereocenters. The van der Waals surface area contributed by atoms with Gasteiger partial charge in [-0.25, -0.2) is 0 Å². The predicted octanol–water partition coefficient (Wildman–Crippen LogP) is 3.20. The Labute approximate surface area is 160 Å². The van der Waals surface area contributed by atoms with E-state index in [2.05, 4.69) is 26.6 Å². The number of benzene rings is 1. The van der Waals surface area contributed by atoms with Crippen LogP contribution in [0.1, 0.15) is 37.6 Å². The Morgan fingerprint density at radius 3 is 2.81 bits per heavy atom. The average molecular weight is 368 g/mol. The van der Waals surface area contributed by atoms with Gasteiger partial charge in [-0.3, -0.25) is 9.78 Å². The maximum Gasteiger partial charge on any atom is 0.225 e. The molecule has 0 radical (unpaired) electrons. The number of aromatic hydroxyl groups is 1. The van der Waals surface area contributed by atoms with Crippen LogP contribution in [0.2, 0.25) is 0 Å². The molecule has 0 bridgehead atoms. The smallest absolute Gasteiger partial charge is 0.225 e. The van der Waals surface area contributed by atoms with Gasteiger partial charge in [-0.15, -0.1) is 0 Å². The zero-order chi connectivity index (χ0) is 19.2. The van der Waals surface area contributed by atoms with Crippen molar-refractivity contribution in [1.29, 1.82) is 0 Å². The molecule has 1 aliphatic rings. The normalized spacial score (nSPS) is 15.0. The van der Waals surface area contributed by atoms with E-state index in [1.165, 1.54) is 12.8 Å². The molecule has 6 heteroatoms. The minimum Gasteiger partial charge on any atom is -0.506 e. The molecule has 3 rings (SSSR count). The third-order valence-corrected chi connectivity index (χ3v) is 4.80. The second-order valence-corrected chi connectivity index (χ2v) is 7.20. The lowest BCUT2D eigenvalue weighted by Crippen LogP contribution is -2.30. The van der Waals surface area contributed by atoms with Gasteiger partial charge in [-0.1, -0.05) is 6.07 Å². The first-order valence-electron chi connectivity index (χ1n) is 9.55. The molecule has 1 amide bonds. The fraction of sp³-hybridized carbons (Fsp3) is 0.429. The summed E-state index contributed by atoms with van der Waals surface area (Å²) in [4.78, 5) is 19.0. The van der Waals surface area contributed by atoms with Crippen molar-refractivity contribution >= 4 is 17.3 Å². The maximum absolute atomic E-state index is 12.4. The third kappa shape index (κ3) is 5.44. The Hall–Kier alpha value is -2.60. The number of pyridine rings is 1. The second kappa shape index (κ2) is 8.86. The first kappa shape index (κ1) is 19.2. The number of aromatic nitrogens is 1. The first-order chi connectivity index (χ1) is 13.0.